The van der Waals surface area contributed by atoms with Crippen LogP contribution in [0.3, 0.4) is 0 Å². The molecular formula is C28H28Br2N2O2. The number of aryl methyl sites for hydroxylation is 2. The molecular weight excluding hydrogens is 556 g/mol. The number of halogens is 2. The molecule has 0 aliphatic heterocycles. The lowest BCUT2D eigenvalue weighted by atomic mass is 9.97. The van der Waals surface area contributed by atoms with Crippen molar-refractivity contribution in [3.63, 3.8) is 0 Å². The summed E-state index contributed by atoms with van der Waals surface area (Å²) in [7, 11) is 0. The maximum Gasteiger partial charge on any atom is 0.415 e. The molecule has 4 rings (SSSR count). The van der Waals surface area contributed by atoms with Gasteiger partial charge >= 0.3 is 6.09 Å². The van der Waals surface area contributed by atoms with Crippen LogP contribution in [0.1, 0.15) is 30.5 Å². The van der Waals surface area contributed by atoms with Gasteiger partial charge in [-0.3, -0.25) is 0 Å². The Hall–Kier alpha value is -2.57. The summed E-state index contributed by atoms with van der Waals surface area (Å²) in [6.07, 6.45) is 1.77. The number of carbonyl (C=O) groups is 1. The molecule has 4 nitrogen and oxygen atoms in total. The van der Waals surface area contributed by atoms with Gasteiger partial charge in [0, 0.05) is 51.2 Å². The molecule has 4 aromatic rings. The third-order valence-electron chi connectivity index (χ3n) is 5.92. The fraction of sp³-hybridized carbons (Fsp3) is 0.250. The summed E-state index contributed by atoms with van der Waals surface area (Å²) in [6, 6.07) is 18.8. The summed E-state index contributed by atoms with van der Waals surface area (Å²) in [5.41, 5.74) is 6.61. The number of ether oxygens (including phenoxy) is 1. The van der Waals surface area contributed by atoms with Crippen LogP contribution < -0.4 is 4.74 Å². The molecule has 0 unspecified atom stereocenters. The zero-order valence-electron chi connectivity index (χ0n) is 19.9. The van der Waals surface area contributed by atoms with Crippen LogP contribution in [0.5, 0.6) is 5.75 Å². The van der Waals surface area contributed by atoms with Gasteiger partial charge in [-0.2, -0.15) is 0 Å². The minimum atomic E-state index is -0.326. The van der Waals surface area contributed by atoms with Crippen LogP contribution in [0.25, 0.3) is 22.0 Å². The van der Waals surface area contributed by atoms with Gasteiger partial charge in [0.05, 0.1) is 0 Å². The lowest BCUT2D eigenvalue weighted by Crippen LogP contribution is -2.33. The molecule has 0 aliphatic carbocycles. The Bertz CT molecular complexity index is 1320. The second kappa shape index (κ2) is 10.4. The first-order valence-corrected chi connectivity index (χ1v) is 13.0. The predicted molar refractivity (Wildman–Crippen MR) is 147 cm³/mol. The van der Waals surface area contributed by atoms with E-state index >= 15 is 0 Å². The van der Waals surface area contributed by atoms with Crippen LogP contribution in [-0.2, 0) is 6.54 Å². The highest BCUT2D eigenvalue weighted by molar-refractivity contribution is 9.11. The monoisotopic (exact) mass is 582 g/mol. The van der Waals surface area contributed by atoms with Gasteiger partial charge in [0.25, 0.3) is 0 Å². The zero-order valence-corrected chi connectivity index (χ0v) is 23.0. The van der Waals surface area contributed by atoms with E-state index in [0.29, 0.717) is 18.8 Å². The second-order valence-corrected chi connectivity index (χ2v) is 10.3. The van der Waals surface area contributed by atoms with Crippen LogP contribution >= 0.6 is 31.9 Å². The Morgan fingerprint density at radius 2 is 1.56 bits per heavy atom. The molecule has 0 fully saturated rings. The Labute approximate surface area is 217 Å². The zero-order chi connectivity index (χ0) is 24.4. The van der Waals surface area contributed by atoms with E-state index in [4.69, 9.17) is 4.74 Å². The van der Waals surface area contributed by atoms with Crippen molar-refractivity contribution in [3.05, 3.63) is 86.4 Å². The first-order chi connectivity index (χ1) is 16.3. The predicted octanol–water partition coefficient (Wildman–Crippen LogP) is 8.34. The number of fused-ring (bicyclic) bond motifs is 1. The van der Waals surface area contributed by atoms with Crippen molar-refractivity contribution >= 4 is 48.9 Å². The molecule has 1 heterocycles. The highest BCUT2D eigenvalue weighted by atomic mass is 79.9. The van der Waals surface area contributed by atoms with Crippen molar-refractivity contribution in [2.24, 2.45) is 0 Å². The summed E-state index contributed by atoms with van der Waals surface area (Å²) in [6.45, 7) is 10.0. The molecule has 0 aliphatic rings. The molecule has 3 aromatic carbocycles. The Kier molecular flexibility index (Phi) is 7.48. The quantitative estimate of drug-likeness (QED) is 0.228. The summed E-state index contributed by atoms with van der Waals surface area (Å²) in [5.74, 6) is 0.581. The van der Waals surface area contributed by atoms with Crippen molar-refractivity contribution in [3.8, 4) is 16.9 Å². The van der Waals surface area contributed by atoms with Gasteiger partial charge in [-0.1, -0.05) is 61.2 Å². The number of amides is 1. The number of hydrogen-bond acceptors (Lipinski definition) is 2. The molecule has 34 heavy (non-hydrogen) atoms. The summed E-state index contributed by atoms with van der Waals surface area (Å²) >= 11 is 7.17. The lowest BCUT2D eigenvalue weighted by molar-refractivity contribution is 0.157. The number of hydrogen-bond donors (Lipinski definition) is 0. The van der Waals surface area contributed by atoms with Crippen LogP contribution in [-0.4, -0.2) is 28.6 Å². The van der Waals surface area contributed by atoms with Gasteiger partial charge in [-0.05, 0) is 75.2 Å². The molecule has 0 radical (unpaired) electrons. The molecule has 0 saturated carbocycles. The third kappa shape index (κ3) is 5.23. The number of nitrogens with zero attached hydrogens (tertiary/aromatic N) is 2. The highest BCUT2D eigenvalue weighted by Gasteiger charge is 2.19. The van der Waals surface area contributed by atoms with Gasteiger partial charge in [0.1, 0.15) is 5.75 Å². The van der Waals surface area contributed by atoms with Crippen molar-refractivity contribution in [1.29, 1.82) is 0 Å². The first-order valence-electron chi connectivity index (χ1n) is 11.4. The van der Waals surface area contributed by atoms with Crippen molar-refractivity contribution < 1.29 is 9.53 Å². The average Bonchev–Trinajstić information content (AvgIpc) is 3.15. The minimum Gasteiger partial charge on any atom is -0.410 e. The van der Waals surface area contributed by atoms with E-state index in [0.717, 1.165) is 37.5 Å². The number of rotatable bonds is 6. The summed E-state index contributed by atoms with van der Waals surface area (Å²) < 4.78 is 10.3. The topological polar surface area (TPSA) is 34.5 Å². The van der Waals surface area contributed by atoms with Gasteiger partial charge in [0.2, 0.25) is 0 Å². The molecule has 6 heteroatoms. The van der Waals surface area contributed by atoms with Gasteiger partial charge in [0.15, 0.2) is 0 Å². The maximum atomic E-state index is 12.8. The average molecular weight is 584 g/mol. The maximum absolute atomic E-state index is 12.8. The fourth-order valence-corrected chi connectivity index (χ4v) is 5.82. The van der Waals surface area contributed by atoms with Crippen molar-refractivity contribution in [2.45, 2.75) is 34.2 Å². The molecule has 0 saturated heterocycles. The Morgan fingerprint density at radius 1 is 0.912 bits per heavy atom. The van der Waals surface area contributed by atoms with E-state index in [-0.39, 0.29) is 6.09 Å². The fourth-order valence-electron chi connectivity index (χ4n) is 4.43. The van der Waals surface area contributed by atoms with Gasteiger partial charge in [-0.25, -0.2) is 4.79 Å². The van der Waals surface area contributed by atoms with Crippen molar-refractivity contribution in [2.75, 3.05) is 13.1 Å². The number of benzene rings is 3. The van der Waals surface area contributed by atoms with E-state index in [1.807, 2.05) is 32.0 Å². The first kappa shape index (κ1) is 24.6. The van der Waals surface area contributed by atoms with Crippen LogP contribution in [0.2, 0.25) is 0 Å². The summed E-state index contributed by atoms with van der Waals surface area (Å²) in [5, 5.41) is 1.06. The van der Waals surface area contributed by atoms with Crippen LogP contribution in [0.4, 0.5) is 4.79 Å². The second-order valence-electron chi connectivity index (χ2n) is 8.51. The van der Waals surface area contributed by atoms with Crippen molar-refractivity contribution in [1.82, 2.24) is 9.47 Å². The molecule has 0 bridgehead atoms. The minimum absolute atomic E-state index is 0.326. The third-order valence-corrected chi connectivity index (χ3v) is 6.84. The lowest BCUT2D eigenvalue weighted by Gasteiger charge is -2.20. The normalized spacial score (nSPS) is 11.1. The number of aromatic nitrogens is 1. The Balaban J connectivity index is 1.85. The van der Waals surface area contributed by atoms with E-state index < -0.39 is 0 Å². The molecule has 0 atom stereocenters. The van der Waals surface area contributed by atoms with Crippen LogP contribution in [0.15, 0.2) is 69.7 Å². The highest BCUT2D eigenvalue weighted by Crippen LogP contribution is 2.39. The molecule has 0 spiro atoms. The molecule has 176 valence electrons. The largest absolute Gasteiger partial charge is 0.415 e. The SMILES string of the molecule is CCN(CC)C(=O)Oc1ccc2c(ccn2Cc2cc(Br)cc(Br)c2)c1-c1cc(C)cc(C)c1. The standard InChI is InChI=1S/C28H28Br2N2O2/c1-5-31(6-2)28(33)34-26-8-7-25-24(27(26)21-12-18(3)11-19(4)13-21)9-10-32(25)17-20-14-22(29)16-23(30)15-20/h7-16H,5-6,17H2,1-4H3. The smallest absolute Gasteiger partial charge is 0.410 e. The van der Waals surface area contributed by atoms with E-state index in [9.17, 15) is 4.79 Å². The van der Waals surface area contributed by atoms with E-state index in [2.05, 4.69) is 92.9 Å². The van der Waals surface area contributed by atoms with Gasteiger partial charge in [-0.15, -0.1) is 0 Å². The van der Waals surface area contributed by atoms with Crippen LogP contribution in [0, 0.1) is 13.8 Å². The van der Waals surface area contributed by atoms with E-state index in [1.165, 1.54) is 16.7 Å². The van der Waals surface area contributed by atoms with Gasteiger partial charge < -0.3 is 14.2 Å². The number of carbonyl (C=O) groups excluding carboxylic acids is 1. The molecule has 0 N–H and O–H groups in total. The molecule has 1 amide bonds. The van der Waals surface area contributed by atoms with E-state index in [1.54, 1.807) is 4.90 Å². The summed E-state index contributed by atoms with van der Waals surface area (Å²) in [4.78, 5) is 14.5. The Morgan fingerprint density at radius 3 is 2.18 bits per heavy atom. The molecule has 1 aromatic heterocycles.